The van der Waals surface area contributed by atoms with Gasteiger partial charge < -0.3 is 0 Å². The highest BCUT2D eigenvalue weighted by atomic mass is 19.1. The van der Waals surface area contributed by atoms with Crippen LogP contribution >= 0.6 is 0 Å². The summed E-state index contributed by atoms with van der Waals surface area (Å²) in [5.41, 5.74) is 1.16. The Labute approximate surface area is 98.1 Å². The minimum absolute atomic E-state index is 0.371. The molecule has 0 saturated heterocycles. The number of nitrogens with zero attached hydrogens (tertiary/aromatic N) is 3. The zero-order valence-corrected chi connectivity index (χ0v) is 9.53. The zero-order valence-electron chi connectivity index (χ0n) is 9.53. The summed E-state index contributed by atoms with van der Waals surface area (Å²) >= 11 is 0. The number of hydrogen-bond acceptors (Lipinski definition) is 2. The average Bonchev–Trinajstić information content (AvgIpc) is 2.78. The van der Waals surface area contributed by atoms with E-state index in [9.17, 15) is 8.78 Å². The lowest BCUT2D eigenvalue weighted by Gasteiger charge is -2.01. The van der Waals surface area contributed by atoms with E-state index in [1.54, 1.807) is 4.68 Å². The quantitative estimate of drug-likeness (QED) is 0.817. The molecule has 17 heavy (non-hydrogen) atoms. The molecule has 0 fully saturated rings. The molecule has 0 aliphatic carbocycles. The number of benzene rings is 1. The molecule has 2 rings (SSSR count). The molecular formula is C12H13F2N3. The fraction of sp³-hybridized carbons (Fsp3) is 0.333. The predicted molar refractivity (Wildman–Crippen MR) is 59.5 cm³/mol. The molecule has 0 spiro atoms. The molecule has 0 bridgehead atoms. The molecule has 0 amide bonds. The fourth-order valence-electron chi connectivity index (χ4n) is 1.61. The molecule has 1 aromatic carbocycles. The van der Waals surface area contributed by atoms with Crippen LogP contribution in [0.15, 0.2) is 24.4 Å². The van der Waals surface area contributed by atoms with E-state index in [4.69, 9.17) is 0 Å². The zero-order chi connectivity index (χ0) is 12.3. The van der Waals surface area contributed by atoms with Gasteiger partial charge in [0.2, 0.25) is 0 Å². The fourth-order valence-corrected chi connectivity index (χ4v) is 1.61. The van der Waals surface area contributed by atoms with Gasteiger partial charge in [0.1, 0.15) is 11.6 Å². The van der Waals surface area contributed by atoms with Crippen LogP contribution in [0.5, 0.6) is 0 Å². The summed E-state index contributed by atoms with van der Waals surface area (Å²) in [6.45, 7) is 2.71. The second-order valence-electron chi connectivity index (χ2n) is 3.80. The third-order valence-corrected chi connectivity index (χ3v) is 2.57. The monoisotopic (exact) mass is 237 g/mol. The Balaban J connectivity index is 2.04. The van der Waals surface area contributed by atoms with Crippen molar-refractivity contribution >= 4 is 0 Å². The van der Waals surface area contributed by atoms with Gasteiger partial charge in [0.25, 0.3) is 0 Å². The first-order valence-corrected chi connectivity index (χ1v) is 5.52. The van der Waals surface area contributed by atoms with Crippen molar-refractivity contribution < 1.29 is 8.78 Å². The van der Waals surface area contributed by atoms with Gasteiger partial charge in [-0.1, -0.05) is 5.21 Å². The summed E-state index contributed by atoms with van der Waals surface area (Å²) < 4.78 is 28.0. The van der Waals surface area contributed by atoms with Crippen LogP contribution in [-0.2, 0) is 19.4 Å². The number of aryl methyl sites for hydroxylation is 3. The molecule has 0 aliphatic heterocycles. The highest BCUT2D eigenvalue weighted by molar-refractivity contribution is 5.19. The first kappa shape index (κ1) is 11.7. The Morgan fingerprint density at radius 1 is 1.24 bits per heavy atom. The number of aromatic nitrogens is 3. The van der Waals surface area contributed by atoms with E-state index < -0.39 is 5.82 Å². The number of hydrogen-bond donors (Lipinski definition) is 0. The topological polar surface area (TPSA) is 30.7 Å². The molecular weight excluding hydrogens is 224 g/mol. The number of rotatable bonds is 4. The van der Waals surface area contributed by atoms with Crippen molar-refractivity contribution in [2.24, 2.45) is 0 Å². The van der Waals surface area contributed by atoms with Gasteiger partial charge in [0, 0.05) is 12.7 Å². The van der Waals surface area contributed by atoms with Gasteiger partial charge in [-0.3, -0.25) is 4.68 Å². The van der Waals surface area contributed by atoms with Gasteiger partial charge in [-0.15, -0.1) is 5.10 Å². The molecule has 0 N–H and O–H groups in total. The van der Waals surface area contributed by atoms with Crippen LogP contribution in [0.3, 0.4) is 0 Å². The maximum absolute atomic E-state index is 13.3. The van der Waals surface area contributed by atoms with Gasteiger partial charge >= 0.3 is 0 Å². The molecule has 0 unspecified atom stereocenters. The SMILES string of the molecule is CCn1cc(CCc2cc(F)ccc2F)nn1. The van der Waals surface area contributed by atoms with Crippen molar-refractivity contribution in [2.45, 2.75) is 26.3 Å². The Kier molecular flexibility index (Phi) is 3.46. The summed E-state index contributed by atoms with van der Waals surface area (Å²) in [6.07, 6.45) is 2.80. The van der Waals surface area contributed by atoms with Gasteiger partial charge in [-0.05, 0) is 43.5 Å². The third kappa shape index (κ3) is 2.87. The van der Waals surface area contributed by atoms with E-state index >= 15 is 0 Å². The first-order chi connectivity index (χ1) is 8.19. The van der Waals surface area contributed by atoms with Crippen molar-refractivity contribution in [3.8, 4) is 0 Å². The largest absolute Gasteiger partial charge is 0.253 e. The minimum Gasteiger partial charge on any atom is -0.253 e. The van der Waals surface area contributed by atoms with Crippen molar-refractivity contribution in [3.63, 3.8) is 0 Å². The van der Waals surface area contributed by atoms with Crippen LogP contribution < -0.4 is 0 Å². The van der Waals surface area contributed by atoms with Crippen molar-refractivity contribution in [1.29, 1.82) is 0 Å². The summed E-state index contributed by atoms with van der Waals surface area (Å²) in [5, 5.41) is 7.84. The Morgan fingerprint density at radius 2 is 2.06 bits per heavy atom. The van der Waals surface area contributed by atoms with E-state index in [2.05, 4.69) is 10.3 Å². The van der Waals surface area contributed by atoms with Crippen LogP contribution in [0.25, 0.3) is 0 Å². The molecule has 3 nitrogen and oxygen atoms in total. The standard InChI is InChI=1S/C12H13F2N3/c1-2-17-8-11(15-16-17)5-3-9-7-10(13)4-6-12(9)14/h4,6-8H,2-3,5H2,1H3. The maximum Gasteiger partial charge on any atom is 0.126 e. The van der Waals surface area contributed by atoms with E-state index in [0.29, 0.717) is 18.4 Å². The molecule has 0 atom stereocenters. The molecule has 90 valence electrons. The minimum atomic E-state index is -0.418. The molecule has 0 saturated carbocycles. The third-order valence-electron chi connectivity index (χ3n) is 2.57. The van der Waals surface area contributed by atoms with E-state index in [-0.39, 0.29) is 5.82 Å². The van der Waals surface area contributed by atoms with E-state index in [1.165, 1.54) is 6.07 Å². The highest BCUT2D eigenvalue weighted by Crippen LogP contribution is 2.12. The Bertz CT molecular complexity index is 508. The highest BCUT2D eigenvalue weighted by Gasteiger charge is 2.06. The molecule has 5 heteroatoms. The lowest BCUT2D eigenvalue weighted by atomic mass is 10.1. The first-order valence-electron chi connectivity index (χ1n) is 5.52. The predicted octanol–water partition coefficient (Wildman–Crippen LogP) is 2.36. The molecule has 0 aliphatic rings. The van der Waals surface area contributed by atoms with Crippen molar-refractivity contribution in [3.05, 3.63) is 47.3 Å². The summed E-state index contributed by atoms with van der Waals surface area (Å²) in [7, 11) is 0. The molecule has 1 heterocycles. The van der Waals surface area contributed by atoms with Gasteiger partial charge in [0.05, 0.1) is 5.69 Å². The Hall–Kier alpha value is -1.78. The second kappa shape index (κ2) is 5.03. The summed E-state index contributed by atoms with van der Waals surface area (Å²) in [5.74, 6) is -0.798. The molecule has 1 aromatic heterocycles. The van der Waals surface area contributed by atoms with Crippen LogP contribution in [0.2, 0.25) is 0 Å². The van der Waals surface area contributed by atoms with Crippen LogP contribution in [0, 0.1) is 11.6 Å². The van der Waals surface area contributed by atoms with Crippen LogP contribution in [0.4, 0.5) is 8.78 Å². The van der Waals surface area contributed by atoms with E-state index in [0.717, 1.165) is 24.4 Å². The summed E-state index contributed by atoms with van der Waals surface area (Å²) in [4.78, 5) is 0. The normalized spacial score (nSPS) is 10.8. The van der Waals surface area contributed by atoms with E-state index in [1.807, 2.05) is 13.1 Å². The van der Waals surface area contributed by atoms with Gasteiger partial charge in [-0.2, -0.15) is 0 Å². The smallest absolute Gasteiger partial charge is 0.126 e. The van der Waals surface area contributed by atoms with Gasteiger partial charge in [0.15, 0.2) is 0 Å². The maximum atomic E-state index is 13.3. The summed E-state index contributed by atoms with van der Waals surface area (Å²) in [6, 6.07) is 3.49. The lowest BCUT2D eigenvalue weighted by Crippen LogP contribution is -1.96. The lowest BCUT2D eigenvalue weighted by molar-refractivity contribution is 0.583. The number of halogens is 2. The Morgan fingerprint density at radius 3 is 2.76 bits per heavy atom. The molecule has 0 radical (unpaired) electrons. The van der Waals surface area contributed by atoms with Crippen molar-refractivity contribution in [1.82, 2.24) is 15.0 Å². The molecule has 2 aromatic rings. The average molecular weight is 237 g/mol. The van der Waals surface area contributed by atoms with Gasteiger partial charge in [-0.25, -0.2) is 8.78 Å². The van der Waals surface area contributed by atoms with Crippen LogP contribution in [-0.4, -0.2) is 15.0 Å². The second-order valence-corrected chi connectivity index (χ2v) is 3.80. The van der Waals surface area contributed by atoms with Crippen molar-refractivity contribution in [2.75, 3.05) is 0 Å². The van der Waals surface area contributed by atoms with Crippen LogP contribution in [0.1, 0.15) is 18.2 Å².